The van der Waals surface area contributed by atoms with Crippen LogP contribution in [0.3, 0.4) is 0 Å². The predicted octanol–water partition coefficient (Wildman–Crippen LogP) is 3.67. The quantitative estimate of drug-likeness (QED) is 0.496. The molecule has 3 rings (SSSR count). The van der Waals surface area contributed by atoms with Gasteiger partial charge in [0.2, 0.25) is 0 Å². The maximum Gasteiger partial charge on any atom is 0.295 e. The van der Waals surface area contributed by atoms with Crippen LogP contribution in [0.1, 0.15) is 30.5 Å². The summed E-state index contributed by atoms with van der Waals surface area (Å²) < 4.78 is 19.0. The number of amides is 1. The standard InChI is InChI=1S/C21H20FNO4/c1-3-11-23-18(13-7-5-4-6-8-13)17(20(25)21(23)26)19(24)15-12-14(22)9-10-16(15)27-2/h4-10,12,18,24H,3,11H2,1-2H3/b19-17+. The molecule has 0 aliphatic carbocycles. The van der Waals surface area contributed by atoms with E-state index in [1.807, 2.05) is 13.0 Å². The molecule has 1 heterocycles. The van der Waals surface area contributed by atoms with Crippen molar-refractivity contribution in [1.29, 1.82) is 0 Å². The van der Waals surface area contributed by atoms with Gasteiger partial charge < -0.3 is 14.7 Å². The SMILES string of the molecule is CCCN1C(=O)C(=O)/C(=C(/O)c2cc(F)ccc2OC)C1c1ccccc1. The van der Waals surface area contributed by atoms with Gasteiger partial charge in [-0.15, -0.1) is 0 Å². The van der Waals surface area contributed by atoms with Crippen molar-refractivity contribution in [3.63, 3.8) is 0 Å². The first-order valence-electron chi connectivity index (χ1n) is 8.66. The van der Waals surface area contributed by atoms with Gasteiger partial charge in [-0.3, -0.25) is 9.59 Å². The molecule has 1 aliphatic heterocycles. The molecule has 1 fully saturated rings. The number of aliphatic hydroxyl groups excluding tert-OH is 1. The van der Waals surface area contributed by atoms with Crippen molar-refractivity contribution in [2.24, 2.45) is 0 Å². The van der Waals surface area contributed by atoms with Gasteiger partial charge in [0.1, 0.15) is 17.3 Å². The average Bonchev–Trinajstić information content (AvgIpc) is 2.93. The molecule has 1 aliphatic rings. The van der Waals surface area contributed by atoms with E-state index >= 15 is 0 Å². The van der Waals surface area contributed by atoms with Gasteiger partial charge in [-0.05, 0) is 30.2 Å². The largest absolute Gasteiger partial charge is 0.507 e. The van der Waals surface area contributed by atoms with Crippen molar-refractivity contribution >= 4 is 17.4 Å². The second kappa shape index (κ2) is 7.61. The lowest BCUT2D eigenvalue weighted by Gasteiger charge is -2.25. The van der Waals surface area contributed by atoms with Crippen LogP contribution < -0.4 is 4.74 Å². The molecule has 1 saturated heterocycles. The number of halogens is 1. The third kappa shape index (κ3) is 3.30. The molecule has 0 spiro atoms. The Balaban J connectivity index is 2.24. The topological polar surface area (TPSA) is 66.8 Å². The van der Waals surface area contributed by atoms with E-state index in [0.717, 1.165) is 6.07 Å². The van der Waals surface area contributed by atoms with Gasteiger partial charge in [-0.25, -0.2) is 4.39 Å². The Kier molecular flexibility index (Phi) is 5.26. The third-order valence-electron chi connectivity index (χ3n) is 4.54. The van der Waals surface area contributed by atoms with Crippen LogP contribution in [0.4, 0.5) is 4.39 Å². The average molecular weight is 369 g/mol. The minimum Gasteiger partial charge on any atom is -0.507 e. The number of ether oxygens (including phenoxy) is 1. The highest BCUT2D eigenvalue weighted by Gasteiger charge is 2.45. The summed E-state index contributed by atoms with van der Waals surface area (Å²) in [6, 6.07) is 11.9. The van der Waals surface area contributed by atoms with E-state index < -0.39 is 29.3 Å². The number of likely N-dealkylation sites (tertiary alicyclic amines) is 1. The molecular weight excluding hydrogens is 349 g/mol. The minimum atomic E-state index is -0.791. The van der Waals surface area contributed by atoms with Crippen molar-refractivity contribution in [2.45, 2.75) is 19.4 Å². The highest BCUT2D eigenvalue weighted by molar-refractivity contribution is 6.46. The Bertz CT molecular complexity index is 908. The maximum absolute atomic E-state index is 13.8. The van der Waals surface area contributed by atoms with E-state index in [1.165, 1.54) is 24.1 Å². The van der Waals surface area contributed by atoms with Gasteiger partial charge in [0, 0.05) is 6.54 Å². The van der Waals surface area contributed by atoms with Crippen molar-refractivity contribution in [3.05, 3.63) is 71.0 Å². The molecule has 140 valence electrons. The molecule has 27 heavy (non-hydrogen) atoms. The Labute approximate surface area is 156 Å². The number of Topliss-reactive ketones (excluding diaryl/α,β-unsaturated/α-hetero) is 1. The summed E-state index contributed by atoms with van der Waals surface area (Å²) in [5.41, 5.74) is 0.665. The van der Waals surface area contributed by atoms with Gasteiger partial charge in [0.15, 0.2) is 0 Å². The molecule has 2 aromatic rings. The van der Waals surface area contributed by atoms with Crippen molar-refractivity contribution in [1.82, 2.24) is 4.90 Å². The van der Waals surface area contributed by atoms with Gasteiger partial charge in [0.25, 0.3) is 11.7 Å². The molecule has 6 heteroatoms. The zero-order valence-electron chi connectivity index (χ0n) is 15.1. The third-order valence-corrected chi connectivity index (χ3v) is 4.54. The summed E-state index contributed by atoms with van der Waals surface area (Å²) in [5.74, 6) is -2.29. The summed E-state index contributed by atoms with van der Waals surface area (Å²) >= 11 is 0. The van der Waals surface area contributed by atoms with Crippen LogP contribution in [0.2, 0.25) is 0 Å². The van der Waals surface area contributed by atoms with Crippen LogP contribution in [-0.4, -0.2) is 35.4 Å². The fourth-order valence-corrected chi connectivity index (χ4v) is 3.34. The molecule has 0 aromatic heterocycles. The van der Waals surface area contributed by atoms with Gasteiger partial charge >= 0.3 is 0 Å². The Morgan fingerprint density at radius 3 is 2.52 bits per heavy atom. The predicted molar refractivity (Wildman–Crippen MR) is 98.7 cm³/mol. The van der Waals surface area contributed by atoms with Crippen molar-refractivity contribution in [3.8, 4) is 5.75 Å². The number of aliphatic hydroxyl groups is 1. The number of rotatable bonds is 5. The Morgan fingerprint density at radius 1 is 1.19 bits per heavy atom. The second-order valence-electron chi connectivity index (χ2n) is 6.25. The minimum absolute atomic E-state index is 0.0351. The lowest BCUT2D eigenvalue weighted by molar-refractivity contribution is -0.139. The molecule has 0 saturated carbocycles. The molecule has 1 atom stereocenters. The van der Waals surface area contributed by atoms with E-state index in [-0.39, 0.29) is 16.9 Å². The van der Waals surface area contributed by atoms with Crippen LogP contribution in [0.25, 0.3) is 5.76 Å². The fourth-order valence-electron chi connectivity index (χ4n) is 3.34. The van der Waals surface area contributed by atoms with E-state index in [1.54, 1.807) is 24.3 Å². The van der Waals surface area contributed by atoms with E-state index in [9.17, 15) is 19.1 Å². The zero-order chi connectivity index (χ0) is 19.6. The number of carbonyl (C=O) groups excluding carboxylic acids is 2. The summed E-state index contributed by atoms with van der Waals surface area (Å²) in [4.78, 5) is 26.7. The van der Waals surface area contributed by atoms with E-state index in [4.69, 9.17) is 4.74 Å². The molecule has 2 aromatic carbocycles. The van der Waals surface area contributed by atoms with Crippen LogP contribution in [0.5, 0.6) is 5.75 Å². The first-order chi connectivity index (χ1) is 13.0. The normalized spacial score (nSPS) is 18.8. The molecule has 1 unspecified atom stereocenters. The van der Waals surface area contributed by atoms with Gasteiger partial charge in [-0.1, -0.05) is 37.3 Å². The Hall–Kier alpha value is -3.15. The van der Waals surface area contributed by atoms with Crippen molar-refractivity contribution < 1.29 is 23.8 Å². The number of benzene rings is 2. The van der Waals surface area contributed by atoms with Crippen LogP contribution in [-0.2, 0) is 9.59 Å². The zero-order valence-corrected chi connectivity index (χ0v) is 15.1. The van der Waals surface area contributed by atoms with Crippen LogP contribution >= 0.6 is 0 Å². The molecule has 1 N–H and O–H groups in total. The van der Waals surface area contributed by atoms with Gasteiger partial charge in [0.05, 0.1) is 24.3 Å². The molecule has 0 bridgehead atoms. The monoisotopic (exact) mass is 369 g/mol. The number of hydrogen-bond acceptors (Lipinski definition) is 4. The molecule has 5 nitrogen and oxygen atoms in total. The highest BCUT2D eigenvalue weighted by Crippen LogP contribution is 2.40. The Morgan fingerprint density at radius 2 is 1.89 bits per heavy atom. The van der Waals surface area contributed by atoms with E-state index in [2.05, 4.69) is 0 Å². The number of nitrogens with zero attached hydrogens (tertiary/aromatic N) is 1. The lowest BCUT2D eigenvalue weighted by atomic mass is 9.95. The second-order valence-corrected chi connectivity index (χ2v) is 6.25. The number of methoxy groups -OCH3 is 1. The first-order valence-corrected chi connectivity index (χ1v) is 8.66. The van der Waals surface area contributed by atoms with Crippen molar-refractivity contribution in [2.75, 3.05) is 13.7 Å². The van der Waals surface area contributed by atoms with Gasteiger partial charge in [-0.2, -0.15) is 0 Å². The number of hydrogen-bond donors (Lipinski definition) is 1. The first kappa shape index (κ1) is 18.6. The number of carbonyl (C=O) groups is 2. The lowest BCUT2D eigenvalue weighted by Crippen LogP contribution is -2.30. The molecule has 0 radical (unpaired) electrons. The maximum atomic E-state index is 13.8. The van der Waals surface area contributed by atoms with Crippen LogP contribution in [0.15, 0.2) is 54.1 Å². The summed E-state index contributed by atoms with van der Waals surface area (Å²) in [7, 11) is 1.38. The number of ketones is 1. The molecule has 1 amide bonds. The molecular formula is C21H20FNO4. The van der Waals surface area contributed by atoms with E-state index in [0.29, 0.717) is 18.5 Å². The van der Waals surface area contributed by atoms with Crippen LogP contribution in [0, 0.1) is 5.82 Å². The summed E-state index contributed by atoms with van der Waals surface area (Å²) in [6.45, 7) is 2.26. The fraction of sp³-hybridized carbons (Fsp3) is 0.238. The summed E-state index contributed by atoms with van der Waals surface area (Å²) in [6.07, 6.45) is 0.652. The smallest absolute Gasteiger partial charge is 0.295 e. The highest BCUT2D eigenvalue weighted by atomic mass is 19.1. The summed E-state index contributed by atoms with van der Waals surface area (Å²) in [5, 5.41) is 10.9.